The first-order valence-corrected chi connectivity index (χ1v) is 14.1. The van der Waals surface area contributed by atoms with Gasteiger partial charge in [0.05, 0.1) is 33.8 Å². The van der Waals surface area contributed by atoms with Crippen LogP contribution in [-0.4, -0.2) is 31.8 Å². The molecule has 0 aliphatic carbocycles. The van der Waals surface area contributed by atoms with Crippen LogP contribution in [0.15, 0.2) is 102 Å². The van der Waals surface area contributed by atoms with Crippen LogP contribution in [0.3, 0.4) is 0 Å². The molecule has 12 heteroatoms. The van der Waals surface area contributed by atoms with Crippen molar-refractivity contribution >= 4 is 10.9 Å². The van der Waals surface area contributed by atoms with Crippen molar-refractivity contribution in [1.29, 1.82) is 0 Å². The van der Waals surface area contributed by atoms with E-state index in [4.69, 9.17) is 9.72 Å². The van der Waals surface area contributed by atoms with Crippen LogP contribution >= 0.6 is 0 Å². The van der Waals surface area contributed by atoms with Gasteiger partial charge in [-0.25, -0.2) is 4.98 Å². The summed E-state index contributed by atoms with van der Waals surface area (Å²) < 4.78 is 86.5. The Labute approximate surface area is 253 Å². The highest BCUT2D eigenvalue weighted by Crippen LogP contribution is 2.38. The largest absolute Gasteiger partial charge is 0.416 e. The third kappa shape index (κ3) is 6.47. The molecule has 0 bridgehead atoms. The van der Waals surface area contributed by atoms with Crippen LogP contribution in [0.4, 0.5) is 26.3 Å². The Morgan fingerprint density at radius 2 is 1.49 bits per heavy atom. The first kappa shape index (κ1) is 30.5. The summed E-state index contributed by atoms with van der Waals surface area (Å²) in [5.74, 6) is 0.283. The van der Waals surface area contributed by atoms with Gasteiger partial charge in [0.1, 0.15) is 18.2 Å². The highest BCUT2D eigenvalue weighted by Gasteiger charge is 2.46. The maximum Gasteiger partial charge on any atom is 0.416 e. The standard InChI is InChI=1S/C33H26F6N4O2/c1-20(29-41-27-7-3-2-6-26(27)30(44)43(29)25-14-12-24(13-15-25)33(37,38)39)42(19-22-5-4-16-40-18-22)31-28(45-31)17-21-8-10-23(11-9-21)32(34,35)36/h2-16,18,20,28,31H,17,19H2,1H3. The molecule has 1 saturated heterocycles. The summed E-state index contributed by atoms with van der Waals surface area (Å²) in [6.45, 7) is 2.14. The number of alkyl halides is 6. The Balaban J connectivity index is 1.38. The predicted octanol–water partition coefficient (Wildman–Crippen LogP) is 7.35. The molecule has 0 radical (unpaired) electrons. The summed E-state index contributed by atoms with van der Waals surface area (Å²) in [6.07, 6.45) is -6.19. The van der Waals surface area contributed by atoms with Crippen LogP contribution in [0, 0.1) is 0 Å². The van der Waals surface area contributed by atoms with Crippen molar-refractivity contribution in [3.8, 4) is 5.69 Å². The Morgan fingerprint density at radius 1 is 0.844 bits per heavy atom. The highest BCUT2D eigenvalue weighted by atomic mass is 19.4. The quantitative estimate of drug-likeness (QED) is 0.134. The smallest absolute Gasteiger partial charge is 0.353 e. The van der Waals surface area contributed by atoms with E-state index in [2.05, 4.69) is 4.98 Å². The van der Waals surface area contributed by atoms with E-state index in [1.165, 1.54) is 28.8 Å². The molecule has 3 unspecified atom stereocenters. The maximum atomic E-state index is 13.9. The predicted molar refractivity (Wildman–Crippen MR) is 154 cm³/mol. The molecule has 0 amide bonds. The van der Waals surface area contributed by atoms with E-state index in [1.54, 1.807) is 42.7 Å². The molecule has 5 aromatic rings. The summed E-state index contributed by atoms with van der Waals surface area (Å²) in [7, 11) is 0. The van der Waals surface area contributed by atoms with Gasteiger partial charge >= 0.3 is 12.4 Å². The molecular formula is C33H26F6N4O2. The summed E-state index contributed by atoms with van der Waals surface area (Å²) >= 11 is 0. The topological polar surface area (TPSA) is 63.6 Å². The molecule has 2 aromatic heterocycles. The number of hydrogen-bond acceptors (Lipinski definition) is 5. The number of hydrogen-bond donors (Lipinski definition) is 0. The molecule has 3 heterocycles. The van der Waals surface area contributed by atoms with Crippen molar-refractivity contribution in [3.63, 3.8) is 0 Å². The Bertz CT molecular complexity index is 1860. The van der Waals surface area contributed by atoms with Gasteiger partial charge in [-0.3, -0.25) is 19.2 Å². The number of benzene rings is 3. The van der Waals surface area contributed by atoms with Crippen molar-refractivity contribution in [2.45, 2.75) is 50.6 Å². The number of rotatable bonds is 8. The molecule has 3 atom stereocenters. The Kier molecular flexibility index (Phi) is 7.96. The van der Waals surface area contributed by atoms with E-state index >= 15 is 0 Å². The number of fused-ring (bicyclic) bond motifs is 1. The number of nitrogens with zero attached hydrogens (tertiary/aromatic N) is 4. The Morgan fingerprint density at radius 3 is 2.11 bits per heavy atom. The molecule has 1 aliphatic rings. The van der Waals surface area contributed by atoms with Crippen LogP contribution in [0.5, 0.6) is 0 Å². The lowest BCUT2D eigenvalue weighted by molar-refractivity contribution is -0.138. The second kappa shape index (κ2) is 11.8. The van der Waals surface area contributed by atoms with Crippen molar-refractivity contribution in [3.05, 3.63) is 136 Å². The fourth-order valence-corrected chi connectivity index (χ4v) is 5.41. The first-order chi connectivity index (χ1) is 21.4. The summed E-state index contributed by atoms with van der Waals surface area (Å²) in [5, 5.41) is 0.301. The van der Waals surface area contributed by atoms with Gasteiger partial charge in [-0.15, -0.1) is 0 Å². The van der Waals surface area contributed by atoms with Gasteiger partial charge in [0.15, 0.2) is 0 Å². The number of epoxide rings is 1. The minimum Gasteiger partial charge on any atom is -0.353 e. The number of halogens is 6. The molecule has 0 spiro atoms. The third-order valence-corrected chi connectivity index (χ3v) is 7.81. The van der Waals surface area contributed by atoms with Crippen molar-refractivity contribution in [2.75, 3.05) is 0 Å². The average Bonchev–Trinajstić information content (AvgIpc) is 3.78. The van der Waals surface area contributed by atoms with E-state index in [-0.39, 0.29) is 17.6 Å². The number of aromatic nitrogens is 3. The SMILES string of the molecule is CC(c1nc2ccccc2c(=O)n1-c1ccc(C(F)(F)F)cc1)N(Cc1cccnc1)C1OC1Cc1ccc(C(F)(F)F)cc1. The van der Waals surface area contributed by atoms with Gasteiger partial charge in [-0.05, 0) is 72.6 Å². The van der Waals surface area contributed by atoms with Crippen LogP contribution < -0.4 is 5.56 Å². The fourth-order valence-electron chi connectivity index (χ4n) is 5.41. The van der Waals surface area contributed by atoms with Crippen LogP contribution in [0.1, 0.15) is 41.0 Å². The maximum absolute atomic E-state index is 13.9. The van der Waals surface area contributed by atoms with Crippen LogP contribution in [0.2, 0.25) is 0 Å². The van der Waals surface area contributed by atoms with Gasteiger partial charge in [0.25, 0.3) is 5.56 Å². The molecule has 6 nitrogen and oxygen atoms in total. The van der Waals surface area contributed by atoms with Crippen LogP contribution in [0.25, 0.3) is 16.6 Å². The zero-order valence-electron chi connectivity index (χ0n) is 23.8. The molecule has 0 N–H and O–H groups in total. The number of para-hydroxylation sites is 1. The second-order valence-electron chi connectivity index (χ2n) is 10.8. The second-order valence-corrected chi connectivity index (χ2v) is 10.8. The average molecular weight is 625 g/mol. The molecule has 232 valence electrons. The van der Waals surface area contributed by atoms with E-state index in [1.807, 2.05) is 17.9 Å². The third-order valence-electron chi connectivity index (χ3n) is 7.81. The summed E-state index contributed by atoms with van der Waals surface area (Å²) in [5.41, 5.74) is 0.0986. The zero-order chi connectivity index (χ0) is 31.9. The number of pyridine rings is 1. The van der Waals surface area contributed by atoms with Gasteiger partial charge in [-0.2, -0.15) is 26.3 Å². The normalized spacial score (nSPS) is 17.5. The number of ether oxygens (including phenoxy) is 1. The van der Waals surface area contributed by atoms with Crippen molar-refractivity contribution < 1.29 is 31.1 Å². The lowest BCUT2D eigenvalue weighted by atomic mass is 10.1. The minimum absolute atomic E-state index is 0.215. The Hall–Kier alpha value is -4.55. The summed E-state index contributed by atoms with van der Waals surface area (Å²) in [6, 6.07) is 19.0. The molecule has 1 aliphatic heterocycles. The van der Waals surface area contributed by atoms with E-state index in [0.717, 1.165) is 29.8 Å². The van der Waals surface area contributed by atoms with E-state index in [9.17, 15) is 31.1 Å². The van der Waals surface area contributed by atoms with Crippen molar-refractivity contribution in [1.82, 2.24) is 19.4 Å². The fraction of sp³-hybridized carbons (Fsp3) is 0.242. The lowest BCUT2D eigenvalue weighted by Gasteiger charge is -2.29. The zero-order valence-corrected chi connectivity index (χ0v) is 23.8. The minimum atomic E-state index is -4.55. The summed E-state index contributed by atoms with van der Waals surface area (Å²) in [4.78, 5) is 24.8. The van der Waals surface area contributed by atoms with Crippen molar-refractivity contribution in [2.24, 2.45) is 0 Å². The molecule has 0 saturated carbocycles. The van der Waals surface area contributed by atoms with E-state index in [0.29, 0.717) is 29.4 Å². The van der Waals surface area contributed by atoms with Gasteiger partial charge in [0, 0.05) is 25.4 Å². The van der Waals surface area contributed by atoms with Crippen LogP contribution in [-0.2, 0) is 30.1 Å². The van der Waals surface area contributed by atoms with Gasteiger partial charge in [-0.1, -0.05) is 30.3 Å². The molecule has 1 fully saturated rings. The molecule has 45 heavy (non-hydrogen) atoms. The monoisotopic (exact) mass is 624 g/mol. The van der Waals surface area contributed by atoms with Gasteiger partial charge in [0.2, 0.25) is 0 Å². The highest BCUT2D eigenvalue weighted by molar-refractivity contribution is 5.77. The van der Waals surface area contributed by atoms with Gasteiger partial charge < -0.3 is 4.74 Å². The molecule has 6 rings (SSSR count). The first-order valence-electron chi connectivity index (χ1n) is 14.1. The lowest BCUT2D eigenvalue weighted by Crippen LogP contribution is -2.36. The molecular weight excluding hydrogens is 598 g/mol. The van der Waals surface area contributed by atoms with E-state index < -0.39 is 41.3 Å². The molecule has 3 aromatic carbocycles.